The van der Waals surface area contributed by atoms with Gasteiger partial charge < -0.3 is 33.8 Å². The van der Waals surface area contributed by atoms with Crippen LogP contribution >= 0.6 is 15.6 Å². The van der Waals surface area contributed by atoms with Gasteiger partial charge in [-0.15, -0.1) is 0 Å². The Bertz CT molecular complexity index is 1960. The third kappa shape index (κ3) is 73.0. The molecule has 4 unspecified atom stereocenters. The van der Waals surface area contributed by atoms with Gasteiger partial charge in [0.25, 0.3) is 0 Å². The predicted molar refractivity (Wildman–Crippen MR) is 409 cm³/mol. The molecule has 0 aromatic carbocycles. The standard InChI is InChI=1S/C81H158O17P2/c1-9-74(8)60-52-44-36-27-21-17-14-15-18-22-28-37-45-53-61-78(83)91-67-76(97-80(85)63-55-47-39-29-23-19-13-11-10-12-16-20-25-33-41-49-57-71(2)3)69-95-99(87,88)93-65-75(82)66-94-100(89,90)96-70-77(68-92-79(84)62-54-46-38-32-31-35-43-51-59-73(6)7)98-81(86)64-56-48-40-30-24-26-34-42-50-58-72(4)5/h71-77,82H,9-70H2,1-8H3,(H,87,88)(H,89,90)/t74?,75?,76-,77-/m1/s1. The smallest absolute Gasteiger partial charge is 0.462 e. The van der Waals surface area contributed by atoms with Crippen LogP contribution in [0.15, 0.2) is 0 Å². The third-order valence-electron chi connectivity index (χ3n) is 19.2. The van der Waals surface area contributed by atoms with Crippen molar-refractivity contribution >= 4 is 39.5 Å². The predicted octanol–water partition coefficient (Wildman–Crippen LogP) is 24.0. The normalized spacial score (nSPS) is 14.3. The highest BCUT2D eigenvalue weighted by molar-refractivity contribution is 7.47. The van der Waals surface area contributed by atoms with Crippen LogP contribution in [-0.2, 0) is 65.4 Å². The first-order valence-corrected chi connectivity index (χ1v) is 44.7. The average Bonchev–Trinajstić information content (AvgIpc) is 0.969. The largest absolute Gasteiger partial charge is 0.472 e. The maximum atomic E-state index is 13.1. The Balaban J connectivity index is 5.24. The molecule has 0 rings (SSSR count). The van der Waals surface area contributed by atoms with Crippen molar-refractivity contribution in [3.63, 3.8) is 0 Å². The summed E-state index contributed by atoms with van der Waals surface area (Å²) in [6.45, 7) is 14.3. The van der Waals surface area contributed by atoms with Gasteiger partial charge in [-0.2, -0.15) is 0 Å². The summed E-state index contributed by atoms with van der Waals surface area (Å²) in [4.78, 5) is 73.0. The number of carbonyl (C=O) groups excluding carboxylic acids is 4. The molecule has 6 atom stereocenters. The van der Waals surface area contributed by atoms with Crippen LogP contribution in [0.5, 0.6) is 0 Å². The fourth-order valence-electron chi connectivity index (χ4n) is 12.4. The number of phosphoric ester groups is 2. The van der Waals surface area contributed by atoms with Crippen LogP contribution in [0, 0.1) is 23.7 Å². The summed E-state index contributed by atoms with van der Waals surface area (Å²) >= 11 is 0. The van der Waals surface area contributed by atoms with Crippen LogP contribution in [-0.4, -0.2) is 96.7 Å². The highest BCUT2D eigenvalue weighted by Crippen LogP contribution is 2.45. The lowest BCUT2D eigenvalue weighted by Crippen LogP contribution is -2.30. The summed E-state index contributed by atoms with van der Waals surface area (Å²) in [5.41, 5.74) is 0. The van der Waals surface area contributed by atoms with Crippen LogP contribution in [0.25, 0.3) is 0 Å². The molecule has 0 saturated heterocycles. The van der Waals surface area contributed by atoms with Crippen molar-refractivity contribution in [2.24, 2.45) is 23.7 Å². The molecular weight excluding hydrogens is 1310 g/mol. The number of carbonyl (C=O) groups is 4. The average molecular weight is 1470 g/mol. The topological polar surface area (TPSA) is 237 Å². The number of aliphatic hydroxyl groups is 1. The molecule has 0 spiro atoms. The van der Waals surface area contributed by atoms with Gasteiger partial charge in [0, 0.05) is 25.7 Å². The van der Waals surface area contributed by atoms with E-state index in [-0.39, 0.29) is 25.7 Å². The summed E-state index contributed by atoms with van der Waals surface area (Å²) in [5.74, 6) is 1.01. The van der Waals surface area contributed by atoms with Crippen molar-refractivity contribution in [1.29, 1.82) is 0 Å². The van der Waals surface area contributed by atoms with Gasteiger partial charge in [0.2, 0.25) is 0 Å². The van der Waals surface area contributed by atoms with Gasteiger partial charge in [-0.1, -0.05) is 364 Å². The van der Waals surface area contributed by atoms with Crippen molar-refractivity contribution in [3.05, 3.63) is 0 Å². The minimum absolute atomic E-state index is 0.105. The molecule has 0 heterocycles. The lowest BCUT2D eigenvalue weighted by Gasteiger charge is -2.21. The first-order chi connectivity index (χ1) is 48.1. The molecule has 594 valence electrons. The minimum Gasteiger partial charge on any atom is -0.462 e. The number of unbranched alkanes of at least 4 members (excludes halogenated alkanes) is 43. The van der Waals surface area contributed by atoms with E-state index >= 15 is 0 Å². The summed E-state index contributed by atoms with van der Waals surface area (Å²) in [6, 6.07) is 0. The Morgan fingerprint density at radius 1 is 0.280 bits per heavy atom. The quantitative estimate of drug-likeness (QED) is 0.0222. The summed E-state index contributed by atoms with van der Waals surface area (Å²) in [6.07, 6.45) is 56.9. The second kappa shape index (κ2) is 70.1. The molecule has 0 aromatic rings. The van der Waals surface area contributed by atoms with Crippen molar-refractivity contribution in [2.75, 3.05) is 39.6 Å². The highest BCUT2D eigenvalue weighted by atomic mass is 31.2. The van der Waals surface area contributed by atoms with E-state index in [0.29, 0.717) is 25.7 Å². The first kappa shape index (κ1) is 98.1. The molecule has 0 amide bonds. The zero-order chi connectivity index (χ0) is 73.8. The van der Waals surface area contributed by atoms with Crippen molar-refractivity contribution in [2.45, 2.75) is 433 Å². The second-order valence-electron chi connectivity index (χ2n) is 30.8. The Hall–Kier alpha value is -1.94. The fourth-order valence-corrected chi connectivity index (χ4v) is 14.0. The molecule has 17 nitrogen and oxygen atoms in total. The van der Waals surface area contributed by atoms with Crippen molar-refractivity contribution in [1.82, 2.24) is 0 Å². The molecule has 0 aromatic heterocycles. The Labute approximate surface area is 613 Å². The van der Waals surface area contributed by atoms with Gasteiger partial charge in [-0.05, 0) is 49.4 Å². The summed E-state index contributed by atoms with van der Waals surface area (Å²) < 4.78 is 68.7. The van der Waals surface area contributed by atoms with Gasteiger partial charge in [0.15, 0.2) is 12.2 Å². The number of hydrogen-bond donors (Lipinski definition) is 3. The molecule has 0 radical (unpaired) electrons. The Morgan fingerprint density at radius 3 is 0.710 bits per heavy atom. The lowest BCUT2D eigenvalue weighted by atomic mass is 9.99. The fraction of sp³-hybridized carbons (Fsp3) is 0.951. The van der Waals surface area contributed by atoms with Crippen molar-refractivity contribution < 1.29 is 80.2 Å². The van der Waals surface area contributed by atoms with E-state index in [1.165, 1.54) is 218 Å². The number of hydrogen-bond acceptors (Lipinski definition) is 15. The maximum absolute atomic E-state index is 13.1. The van der Waals surface area contributed by atoms with E-state index in [0.717, 1.165) is 114 Å². The molecular formula is C81H158O17P2. The number of aliphatic hydroxyl groups excluding tert-OH is 1. The number of phosphoric acid groups is 2. The number of ether oxygens (including phenoxy) is 4. The van der Waals surface area contributed by atoms with E-state index < -0.39 is 97.5 Å². The third-order valence-corrected chi connectivity index (χ3v) is 21.1. The van der Waals surface area contributed by atoms with E-state index in [1.54, 1.807) is 0 Å². The van der Waals surface area contributed by atoms with E-state index in [9.17, 15) is 43.2 Å². The van der Waals surface area contributed by atoms with E-state index in [1.807, 2.05) is 0 Å². The van der Waals surface area contributed by atoms with Crippen LogP contribution in [0.2, 0.25) is 0 Å². The number of esters is 4. The molecule has 0 aliphatic heterocycles. The van der Waals surface area contributed by atoms with Crippen molar-refractivity contribution in [3.8, 4) is 0 Å². The van der Waals surface area contributed by atoms with E-state index in [2.05, 4.69) is 55.4 Å². The molecule has 3 N–H and O–H groups in total. The molecule has 0 fully saturated rings. The van der Waals surface area contributed by atoms with Gasteiger partial charge in [-0.25, -0.2) is 9.13 Å². The Kier molecular flexibility index (Phi) is 68.7. The SMILES string of the molecule is CCC(C)CCCCCCCCCCCCCCCCC(=O)OC[C@H](COP(=O)(O)OCC(O)COP(=O)(O)OC[C@@H](COC(=O)CCCCCCCCCCC(C)C)OC(=O)CCCCCCCCCCCC(C)C)OC(=O)CCCCCCCCCCCCCCCCCCC(C)C. The molecule has 19 heteroatoms. The first-order valence-electron chi connectivity index (χ1n) is 41.7. The Morgan fingerprint density at radius 2 is 0.480 bits per heavy atom. The molecule has 0 bridgehead atoms. The monoisotopic (exact) mass is 1470 g/mol. The van der Waals surface area contributed by atoms with Gasteiger partial charge in [0.05, 0.1) is 26.4 Å². The lowest BCUT2D eigenvalue weighted by molar-refractivity contribution is -0.161. The highest BCUT2D eigenvalue weighted by Gasteiger charge is 2.30. The molecule has 0 aliphatic rings. The van der Waals surface area contributed by atoms with Crippen LogP contribution < -0.4 is 0 Å². The zero-order valence-corrected chi connectivity index (χ0v) is 67.6. The van der Waals surface area contributed by atoms with Gasteiger partial charge in [0.1, 0.15) is 19.3 Å². The zero-order valence-electron chi connectivity index (χ0n) is 65.8. The minimum atomic E-state index is -4.96. The number of rotatable bonds is 78. The van der Waals surface area contributed by atoms with Gasteiger partial charge in [-0.3, -0.25) is 37.3 Å². The maximum Gasteiger partial charge on any atom is 0.472 e. The van der Waals surface area contributed by atoms with E-state index in [4.69, 9.17) is 37.0 Å². The molecule has 0 saturated carbocycles. The van der Waals surface area contributed by atoms with Gasteiger partial charge >= 0.3 is 39.5 Å². The van der Waals surface area contributed by atoms with Crippen LogP contribution in [0.3, 0.4) is 0 Å². The summed E-state index contributed by atoms with van der Waals surface area (Å²) in [5, 5.41) is 10.6. The van der Waals surface area contributed by atoms with Crippen LogP contribution in [0.1, 0.15) is 415 Å². The molecule has 0 aliphatic carbocycles. The molecule has 100 heavy (non-hydrogen) atoms. The summed E-state index contributed by atoms with van der Waals surface area (Å²) in [7, 11) is -9.92. The van der Waals surface area contributed by atoms with Crippen LogP contribution in [0.4, 0.5) is 0 Å². The second-order valence-corrected chi connectivity index (χ2v) is 33.7.